The average molecular weight is 401 g/mol. The molecule has 1 amide bonds. The topological polar surface area (TPSA) is 51.7 Å². The highest BCUT2D eigenvalue weighted by molar-refractivity contribution is 7.20. The van der Waals surface area contributed by atoms with Crippen molar-refractivity contribution in [3.8, 4) is 10.9 Å². The van der Waals surface area contributed by atoms with E-state index in [4.69, 9.17) is 9.47 Å². The zero-order valence-electron chi connectivity index (χ0n) is 15.0. The first kappa shape index (κ1) is 18.0. The van der Waals surface area contributed by atoms with E-state index in [1.54, 1.807) is 24.5 Å². The zero-order chi connectivity index (χ0) is 18.6. The predicted molar refractivity (Wildman–Crippen MR) is 110 cm³/mol. The van der Waals surface area contributed by atoms with Gasteiger partial charge in [-0.2, -0.15) is 0 Å². The Morgan fingerprint density at radius 1 is 1.30 bits per heavy atom. The van der Waals surface area contributed by atoms with E-state index in [2.05, 4.69) is 4.98 Å². The molecule has 2 aromatic heterocycles. The highest BCUT2D eigenvalue weighted by Crippen LogP contribution is 2.32. The molecule has 3 aromatic rings. The summed E-state index contributed by atoms with van der Waals surface area (Å²) in [5, 5.41) is 2.69. The summed E-state index contributed by atoms with van der Waals surface area (Å²) in [6.45, 7) is 1.41. The first-order valence-electron chi connectivity index (χ1n) is 8.83. The number of methoxy groups -OCH3 is 1. The number of likely N-dealkylation sites (tertiary alicyclic amines) is 1. The van der Waals surface area contributed by atoms with Gasteiger partial charge in [0.05, 0.1) is 17.3 Å². The van der Waals surface area contributed by atoms with Crippen LogP contribution in [0.15, 0.2) is 41.8 Å². The van der Waals surface area contributed by atoms with Crippen LogP contribution in [-0.2, 0) is 4.79 Å². The van der Waals surface area contributed by atoms with E-state index in [0.717, 1.165) is 33.7 Å². The molecule has 3 heterocycles. The van der Waals surface area contributed by atoms with Gasteiger partial charge in [-0.25, -0.2) is 4.98 Å². The molecule has 0 radical (unpaired) electrons. The molecular formula is C20H20N2O3S2. The maximum atomic E-state index is 12.3. The minimum atomic E-state index is 0.0638. The third-order valence-corrected chi connectivity index (χ3v) is 6.28. The van der Waals surface area contributed by atoms with Gasteiger partial charge < -0.3 is 14.4 Å². The number of nitrogens with zero attached hydrogens (tertiary/aromatic N) is 2. The summed E-state index contributed by atoms with van der Waals surface area (Å²) in [5.41, 5.74) is 0.919. The van der Waals surface area contributed by atoms with Crippen LogP contribution >= 0.6 is 22.7 Å². The molecule has 0 bridgehead atoms. The van der Waals surface area contributed by atoms with Crippen LogP contribution in [0.1, 0.15) is 17.7 Å². The molecule has 0 N–H and O–H groups in total. The minimum absolute atomic E-state index is 0.0638. The molecule has 1 saturated heterocycles. The Hall–Kier alpha value is -2.38. The summed E-state index contributed by atoms with van der Waals surface area (Å²) in [7, 11) is 1.66. The third-order valence-electron chi connectivity index (χ3n) is 4.53. The van der Waals surface area contributed by atoms with Crippen molar-refractivity contribution in [2.24, 2.45) is 0 Å². The van der Waals surface area contributed by atoms with Crippen LogP contribution in [-0.4, -0.2) is 42.1 Å². The van der Waals surface area contributed by atoms with Crippen LogP contribution in [0.3, 0.4) is 0 Å². The highest BCUT2D eigenvalue weighted by Gasteiger charge is 2.23. The number of fused-ring (bicyclic) bond motifs is 1. The van der Waals surface area contributed by atoms with Gasteiger partial charge in [-0.1, -0.05) is 17.4 Å². The number of aromatic nitrogens is 1. The van der Waals surface area contributed by atoms with Crippen molar-refractivity contribution >= 4 is 44.9 Å². The number of hydrogen-bond donors (Lipinski definition) is 0. The normalized spacial score (nSPS) is 15.5. The smallest absolute Gasteiger partial charge is 0.274 e. The summed E-state index contributed by atoms with van der Waals surface area (Å²) >= 11 is 3.16. The number of amides is 1. The molecule has 0 aliphatic carbocycles. The minimum Gasteiger partial charge on any atom is -0.497 e. The van der Waals surface area contributed by atoms with Gasteiger partial charge in [0.25, 0.3) is 5.19 Å². The maximum absolute atomic E-state index is 12.3. The van der Waals surface area contributed by atoms with E-state index in [1.807, 2.05) is 46.7 Å². The number of piperidine rings is 1. The lowest BCUT2D eigenvalue weighted by molar-refractivity contribution is -0.127. The summed E-state index contributed by atoms with van der Waals surface area (Å²) < 4.78 is 12.4. The fourth-order valence-electron chi connectivity index (χ4n) is 3.04. The molecule has 4 rings (SSSR count). The molecule has 5 nitrogen and oxygen atoms in total. The Bertz CT molecular complexity index is 941. The quantitative estimate of drug-likeness (QED) is 0.594. The Kier molecular flexibility index (Phi) is 5.40. The van der Waals surface area contributed by atoms with Crippen LogP contribution in [0.5, 0.6) is 10.9 Å². The van der Waals surface area contributed by atoms with Crippen LogP contribution < -0.4 is 9.47 Å². The fraction of sp³-hybridized carbons (Fsp3) is 0.300. The molecule has 1 aliphatic rings. The van der Waals surface area contributed by atoms with Gasteiger partial charge >= 0.3 is 0 Å². The molecule has 140 valence electrons. The molecular weight excluding hydrogens is 380 g/mol. The first-order valence-corrected chi connectivity index (χ1v) is 10.5. The fourth-order valence-corrected chi connectivity index (χ4v) is 4.57. The second-order valence-corrected chi connectivity index (χ2v) is 8.28. The van der Waals surface area contributed by atoms with Crippen molar-refractivity contribution in [3.05, 3.63) is 46.7 Å². The van der Waals surface area contributed by atoms with Gasteiger partial charge in [0.2, 0.25) is 5.91 Å². The second-order valence-electron chi connectivity index (χ2n) is 6.30. The van der Waals surface area contributed by atoms with E-state index in [9.17, 15) is 4.79 Å². The Morgan fingerprint density at radius 3 is 2.89 bits per heavy atom. The summed E-state index contributed by atoms with van der Waals surface area (Å²) in [4.78, 5) is 19.8. The Balaban J connectivity index is 1.32. The van der Waals surface area contributed by atoms with E-state index in [-0.39, 0.29) is 12.0 Å². The van der Waals surface area contributed by atoms with Crippen molar-refractivity contribution in [2.75, 3.05) is 20.2 Å². The number of rotatable bonds is 5. The molecule has 1 aliphatic heterocycles. The van der Waals surface area contributed by atoms with Crippen LogP contribution in [0.2, 0.25) is 0 Å². The third kappa shape index (κ3) is 4.31. The number of hydrogen-bond acceptors (Lipinski definition) is 6. The standard InChI is InChI=1S/C20H20N2O3S2/c1-24-15-4-6-17-18(13-15)27-20(21-17)25-14-8-10-22(11-9-14)19(23)7-5-16-3-2-12-26-16/h2-7,12-14H,8-11H2,1H3/b7-5+. The summed E-state index contributed by atoms with van der Waals surface area (Å²) in [6, 6.07) is 9.80. The number of benzene rings is 1. The van der Waals surface area contributed by atoms with Crippen LogP contribution in [0, 0.1) is 0 Å². The van der Waals surface area contributed by atoms with Crippen molar-refractivity contribution < 1.29 is 14.3 Å². The molecule has 0 unspecified atom stereocenters. The average Bonchev–Trinajstić information content (AvgIpc) is 3.35. The van der Waals surface area contributed by atoms with Gasteiger partial charge in [0.1, 0.15) is 11.9 Å². The Morgan fingerprint density at radius 2 is 2.15 bits per heavy atom. The summed E-state index contributed by atoms with van der Waals surface area (Å²) in [5.74, 6) is 0.883. The van der Waals surface area contributed by atoms with Crippen molar-refractivity contribution in [3.63, 3.8) is 0 Å². The number of thiazole rings is 1. The molecule has 1 aromatic carbocycles. The Labute approximate surface area is 165 Å². The van der Waals surface area contributed by atoms with Crippen molar-refractivity contribution in [1.82, 2.24) is 9.88 Å². The van der Waals surface area contributed by atoms with Gasteiger partial charge in [-0.05, 0) is 35.7 Å². The second kappa shape index (κ2) is 8.10. The SMILES string of the molecule is COc1ccc2nc(OC3CCN(C(=O)/C=C/c4cccs4)CC3)sc2c1. The van der Waals surface area contributed by atoms with E-state index in [1.165, 1.54) is 11.3 Å². The molecule has 7 heteroatoms. The van der Waals surface area contributed by atoms with Gasteiger partial charge in [0.15, 0.2) is 0 Å². The molecule has 27 heavy (non-hydrogen) atoms. The highest BCUT2D eigenvalue weighted by atomic mass is 32.1. The van der Waals surface area contributed by atoms with Crippen molar-refractivity contribution in [2.45, 2.75) is 18.9 Å². The lowest BCUT2D eigenvalue weighted by Crippen LogP contribution is -2.41. The van der Waals surface area contributed by atoms with E-state index >= 15 is 0 Å². The number of carbonyl (C=O) groups excluding carboxylic acids is 1. The summed E-state index contributed by atoms with van der Waals surface area (Å²) in [6.07, 6.45) is 5.27. The van der Waals surface area contributed by atoms with E-state index in [0.29, 0.717) is 18.3 Å². The zero-order valence-corrected chi connectivity index (χ0v) is 16.6. The number of carbonyl (C=O) groups is 1. The van der Waals surface area contributed by atoms with Gasteiger partial charge in [-0.3, -0.25) is 4.79 Å². The lowest BCUT2D eigenvalue weighted by atomic mass is 10.1. The van der Waals surface area contributed by atoms with E-state index < -0.39 is 0 Å². The van der Waals surface area contributed by atoms with Crippen molar-refractivity contribution in [1.29, 1.82) is 0 Å². The molecule has 0 atom stereocenters. The molecule has 0 saturated carbocycles. The monoisotopic (exact) mass is 400 g/mol. The van der Waals surface area contributed by atoms with Gasteiger partial charge in [-0.15, -0.1) is 11.3 Å². The molecule has 0 spiro atoms. The maximum Gasteiger partial charge on any atom is 0.274 e. The largest absolute Gasteiger partial charge is 0.497 e. The van der Waals surface area contributed by atoms with Gasteiger partial charge in [0, 0.05) is 36.9 Å². The number of ether oxygens (including phenoxy) is 2. The predicted octanol–water partition coefficient (Wildman–Crippen LogP) is 4.45. The molecule has 1 fully saturated rings. The van der Waals surface area contributed by atoms with Crippen LogP contribution in [0.4, 0.5) is 0 Å². The van der Waals surface area contributed by atoms with Crippen LogP contribution in [0.25, 0.3) is 16.3 Å². The lowest BCUT2D eigenvalue weighted by Gasteiger charge is -2.30. The number of thiophene rings is 1. The first-order chi connectivity index (χ1) is 13.2.